The average Bonchev–Trinajstić information content (AvgIpc) is 2.49. The predicted octanol–water partition coefficient (Wildman–Crippen LogP) is 1.72. The Bertz CT molecular complexity index is 389. The monoisotopic (exact) mass is 278 g/mol. The zero-order chi connectivity index (χ0) is 14.5. The molecule has 1 aromatic carbocycles. The van der Waals surface area contributed by atoms with Crippen molar-refractivity contribution in [3.05, 3.63) is 35.9 Å². The van der Waals surface area contributed by atoms with Gasteiger partial charge in [0.05, 0.1) is 0 Å². The number of nitrogens with zero attached hydrogens (tertiary/aromatic N) is 2. The highest BCUT2D eigenvalue weighted by atomic mass is 16.5. The van der Waals surface area contributed by atoms with E-state index in [1.54, 1.807) is 7.11 Å². The Labute approximate surface area is 122 Å². The van der Waals surface area contributed by atoms with E-state index in [1.807, 2.05) is 30.3 Å². The van der Waals surface area contributed by atoms with Crippen LogP contribution in [-0.4, -0.2) is 60.5 Å². The third kappa shape index (κ3) is 3.58. The molecule has 1 N–H and O–H groups in total. The van der Waals surface area contributed by atoms with E-state index < -0.39 is 6.23 Å². The fourth-order valence-electron chi connectivity index (χ4n) is 2.78. The molecule has 20 heavy (non-hydrogen) atoms. The van der Waals surface area contributed by atoms with Crippen molar-refractivity contribution in [2.45, 2.75) is 32.2 Å². The minimum atomic E-state index is -0.586. The van der Waals surface area contributed by atoms with Gasteiger partial charge < -0.3 is 9.84 Å². The standard InChI is InChI=1S/C16H26N2O2/c1-13(2)17-9-11-18(12-10-17)16(19)15(20-3)14-7-5-4-6-8-14/h4-8,13,15-16,19H,9-12H2,1-3H3. The lowest BCUT2D eigenvalue weighted by Crippen LogP contribution is -2.53. The van der Waals surface area contributed by atoms with Crippen LogP contribution in [0.3, 0.4) is 0 Å². The van der Waals surface area contributed by atoms with Gasteiger partial charge in [0.2, 0.25) is 0 Å². The molecule has 0 spiro atoms. The molecule has 1 aromatic rings. The molecular formula is C16H26N2O2. The third-order valence-corrected chi connectivity index (χ3v) is 4.11. The van der Waals surface area contributed by atoms with E-state index in [0.29, 0.717) is 6.04 Å². The minimum Gasteiger partial charge on any atom is -0.375 e. The topological polar surface area (TPSA) is 35.9 Å². The summed E-state index contributed by atoms with van der Waals surface area (Å²) < 4.78 is 5.52. The van der Waals surface area contributed by atoms with E-state index in [4.69, 9.17) is 4.74 Å². The minimum absolute atomic E-state index is 0.290. The summed E-state index contributed by atoms with van der Waals surface area (Å²) in [4.78, 5) is 4.55. The van der Waals surface area contributed by atoms with Crippen LogP contribution in [0.4, 0.5) is 0 Å². The van der Waals surface area contributed by atoms with Gasteiger partial charge in [-0.3, -0.25) is 9.80 Å². The number of rotatable bonds is 5. The number of hydrogen-bond acceptors (Lipinski definition) is 4. The quantitative estimate of drug-likeness (QED) is 0.889. The van der Waals surface area contributed by atoms with Crippen molar-refractivity contribution >= 4 is 0 Å². The van der Waals surface area contributed by atoms with Crippen molar-refractivity contribution in [2.75, 3.05) is 33.3 Å². The second kappa shape index (κ2) is 7.18. The molecule has 0 aromatic heterocycles. The molecule has 2 rings (SSSR count). The van der Waals surface area contributed by atoms with Crippen molar-refractivity contribution in [2.24, 2.45) is 0 Å². The van der Waals surface area contributed by atoms with Crippen molar-refractivity contribution in [1.29, 1.82) is 0 Å². The van der Waals surface area contributed by atoms with Crippen LogP contribution in [0.2, 0.25) is 0 Å². The molecule has 1 aliphatic heterocycles. The number of aliphatic hydroxyl groups excluding tert-OH is 1. The van der Waals surface area contributed by atoms with Gasteiger partial charge >= 0.3 is 0 Å². The molecule has 0 radical (unpaired) electrons. The molecule has 4 heteroatoms. The molecule has 1 saturated heterocycles. The highest BCUT2D eigenvalue weighted by Gasteiger charge is 2.29. The summed E-state index contributed by atoms with van der Waals surface area (Å²) in [5.41, 5.74) is 1.02. The molecule has 0 amide bonds. The largest absolute Gasteiger partial charge is 0.375 e. The van der Waals surface area contributed by atoms with Crippen LogP contribution in [0.5, 0.6) is 0 Å². The number of hydrogen-bond donors (Lipinski definition) is 1. The van der Waals surface area contributed by atoms with Crippen LogP contribution in [0.1, 0.15) is 25.5 Å². The maximum Gasteiger partial charge on any atom is 0.138 e. The number of aliphatic hydroxyl groups is 1. The van der Waals surface area contributed by atoms with Crippen molar-refractivity contribution in [1.82, 2.24) is 9.80 Å². The highest BCUT2D eigenvalue weighted by molar-refractivity contribution is 5.18. The van der Waals surface area contributed by atoms with E-state index in [1.165, 1.54) is 0 Å². The zero-order valence-electron chi connectivity index (χ0n) is 12.7. The molecule has 4 nitrogen and oxygen atoms in total. The Balaban J connectivity index is 1.98. The van der Waals surface area contributed by atoms with Crippen molar-refractivity contribution in [3.8, 4) is 0 Å². The molecular weight excluding hydrogens is 252 g/mol. The van der Waals surface area contributed by atoms with Gasteiger partial charge in [0.25, 0.3) is 0 Å². The lowest BCUT2D eigenvalue weighted by Gasteiger charge is -2.40. The maximum atomic E-state index is 10.6. The SMILES string of the molecule is COC(c1ccccc1)C(O)N1CCN(C(C)C)CC1. The predicted molar refractivity (Wildman–Crippen MR) is 80.5 cm³/mol. The van der Waals surface area contributed by atoms with Crippen molar-refractivity contribution < 1.29 is 9.84 Å². The Morgan fingerprint density at radius 2 is 1.55 bits per heavy atom. The molecule has 1 heterocycles. The zero-order valence-corrected chi connectivity index (χ0v) is 12.7. The van der Waals surface area contributed by atoms with Crippen LogP contribution >= 0.6 is 0 Å². The summed E-state index contributed by atoms with van der Waals surface area (Å²) in [5, 5.41) is 10.6. The Morgan fingerprint density at radius 1 is 1.00 bits per heavy atom. The first-order valence-electron chi connectivity index (χ1n) is 7.37. The fourth-order valence-corrected chi connectivity index (χ4v) is 2.78. The molecule has 0 saturated carbocycles. The smallest absolute Gasteiger partial charge is 0.138 e. The van der Waals surface area contributed by atoms with Gasteiger partial charge in [-0.25, -0.2) is 0 Å². The number of piperazine rings is 1. The fraction of sp³-hybridized carbons (Fsp3) is 0.625. The number of methoxy groups -OCH3 is 1. The Hall–Kier alpha value is -0.940. The summed E-state index contributed by atoms with van der Waals surface area (Å²) >= 11 is 0. The number of benzene rings is 1. The van der Waals surface area contributed by atoms with E-state index >= 15 is 0 Å². The number of ether oxygens (including phenoxy) is 1. The summed E-state index contributed by atoms with van der Waals surface area (Å²) in [5.74, 6) is 0. The average molecular weight is 278 g/mol. The molecule has 2 atom stereocenters. The Morgan fingerprint density at radius 3 is 2.05 bits per heavy atom. The van der Waals surface area contributed by atoms with Gasteiger partial charge in [-0.2, -0.15) is 0 Å². The lowest BCUT2D eigenvalue weighted by molar-refractivity contribution is -0.114. The molecule has 0 aliphatic carbocycles. The second-order valence-electron chi connectivity index (χ2n) is 5.65. The second-order valence-corrected chi connectivity index (χ2v) is 5.65. The van der Waals surface area contributed by atoms with Crippen LogP contribution in [0.25, 0.3) is 0 Å². The van der Waals surface area contributed by atoms with Crippen LogP contribution in [0, 0.1) is 0 Å². The van der Waals surface area contributed by atoms with E-state index in [-0.39, 0.29) is 6.10 Å². The van der Waals surface area contributed by atoms with Crippen LogP contribution in [-0.2, 0) is 4.74 Å². The molecule has 1 fully saturated rings. The highest BCUT2D eigenvalue weighted by Crippen LogP contribution is 2.23. The summed E-state index contributed by atoms with van der Waals surface area (Å²) in [7, 11) is 1.66. The van der Waals surface area contributed by atoms with Gasteiger partial charge in [-0.15, -0.1) is 0 Å². The van der Waals surface area contributed by atoms with E-state index in [2.05, 4.69) is 23.6 Å². The molecule has 0 bridgehead atoms. The van der Waals surface area contributed by atoms with Gasteiger partial charge in [0.15, 0.2) is 0 Å². The van der Waals surface area contributed by atoms with E-state index in [0.717, 1.165) is 31.7 Å². The third-order valence-electron chi connectivity index (χ3n) is 4.11. The van der Waals surface area contributed by atoms with Crippen LogP contribution in [0.15, 0.2) is 30.3 Å². The molecule has 112 valence electrons. The normalized spacial score (nSPS) is 21.1. The summed E-state index contributed by atoms with van der Waals surface area (Å²) in [6.07, 6.45) is -0.876. The first-order valence-corrected chi connectivity index (χ1v) is 7.37. The van der Waals surface area contributed by atoms with Gasteiger partial charge in [0.1, 0.15) is 12.3 Å². The van der Waals surface area contributed by atoms with Crippen LogP contribution < -0.4 is 0 Å². The summed E-state index contributed by atoms with van der Waals surface area (Å²) in [6.45, 7) is 8.19. The molecule has 2 unspecified atom stereocenters. The molecule has 1 aliphatic rings. The van der Waals surface area contributed by atoms with Gasteiger partial charge in [0, 0.05) is 39.3 Å². The summed E-state index contributed by atoms with van der Waals surface area (Å²) in [6, 6.07) is 10.5. The first kappa shape index (κ1) is 15.4. The van der Waals surface area contributed by atoms with Gasteiger partial charge in [-0.1, -0.05) is 30.3 Å². The first-order chi connectivity index (χ1) is 9.63. The van der Waals surface area contributed by atoms with Gasteiger partial charge in [-0.05, 0) is 19.4 Å². The maximum absolute atomic E-state index is 10.6. The van der Waals surface area contributed by atoms with E-state index in [9.17, 15) is 5.11 Å². The lowest BCUT2D eigenvalue weighted by atomic mass is 10.1. The van der Waals surface area contributed by atoms with Crippen molar-refractivity contribution in [3.63, 3.8) is 0 Å². The Kier molecular flexibility index (Phi) is 5.54.